The summed E-state index contributed by atoms with van der Waals surface area (Å²) in [4.78, 5) is 25.5. The van der Waals surface area contributed by atoms with Crippen molar-refractivity contribution in [1.82, 2.24) is 10.2 Å². The SMILES string of the molecule is CC(C)CC(NC(N)=O)C(=O)N1CCCC1CCCO. The molecule has 6 nitrogen and oxygen atoms in total. The van der Waals surface area contributed by atoms with E-state index >= 15 is 0 Å². The standard InChI is InChI=1S/C14H27N3O3/c1-10(2)9-12(16-14(15)20)13(19)17-7-3-5-11(17)6-4-8-18/h10-12,18H,3-9H2,1-2H3,(H3,15,16,20). The topological polar surface area (TPSA) is 95.7 Å². The van der Waals surface area contributed by atoms with Gasteiger partial charge in [0.05, 0.1) is 0 Å². The summed E-state index contributed by atoms with van der Waals surface area (Å²) in [6.07, 6.45) is 4.05. The normalized spacial score (nSPS) is 20.2. The Balaban J connectivity index is 2.68. The number of rotatable bonds is 7. The highest BCUT2D eigenvalue weighted by molar-refractivity contribution is 5.87. The van der Waals surface area contributed by atoms with Crippen molar-refractivity contribution in [3.05, 3.63) is 0 Å². The van der Waals surface area contributed by atoms with Gasteiger partial charge in [0.2, 0.25) is 5.91 Å². The number of likely N-dealkylation sites (tertiary alicyclic amines) is 1. The summed E-state index contributed by atoms with van der Waals surface area (Å²) in [6.45, 7) is 4.89. The molecule has 0 aliphatic carbocycles. The number of urea groups is 1. The number of primary amides is 1. The number of nitrogens with two attached hydrogens (primary N) is 1. The minimum atomic E-state index is -0.657. The number of carbonyl (C=O) groups excluding carboxylic acids is 2. The lowest BCUT2D eigenvalue weighted by molar-refractivity contribution is -0.134. The van der Waals surface area contributed by atoms with Crippen molar-refractivity contribution < 1.29 is 14.7 Å². The second-order valence-corrected chi connectivity index (χ2v) is 5.88. The number of hydrogen-bond acceptors (Lipinski definition) is 3. The van der Waals surface area contributed by atoms with Gasteiger partial charge in [0.1, 0.15) is 6.04 Å². The summed E-state index contributed by atoms with van der Waals surface area (Å²) in [5.41, 5.74) is 5.17. The maximum atomic E-state index is 12.6. The first-order chi connectivity index (χ1) is 9.45. The van der Waals surface area contributed by atoms with Crippen molar-refractivity contribution in [2.75, 3.05) is 13.2 Å². The Morgan fingerprint density at radius 2 is 2.15 bits per heavy atom. The molecule has 1 aliphatic heterocycles. The van der Waals surface area contributed by atoms with Crippen molar-refractivity contribution in [2.24, 2.45) is 11.7 Å². The molecule has 0 aromatic carbocycles. The summed E-state index contributed by atoms with van der Waals surface area (Å²) >= 11 is 0. The van der Waals surface area contributed by atoms with E-state index in [1.54, 1.807) is 0 Å². The summed E-state index contributed by atoms with van der Waals surface area (Å²) < 4.78 is 0. The predicted molar refractivity (Wildman–Crippen MR) is 77.0 cm³/mol. The first-order valence-corrected chi connectivity index (χ1v) is 7.43. The molecular weight excluding hydrogens is 258 g/mol. The van der Waals surface area contributed by atoms with Gasteiger partial charge in [-0.05, 0) is 38.0 Å². The van der Waals surface area contributed by atoms with E-state index in [2.05, 4.69) is 5.32 Å². The van der Waals surface area contributed by atoms with Crippen LogP contribution in [0.15, 0.2) is 0 Å². The van der Waals surface area contributed by atoms with Crippen LogP contribution in [-0.4, -0.2) is 47.2 Å². The zero-order chi connectivity index (χ0) is 15.1. The van der Waals surface area contributed by atoms with Crippen molar-refractivity contribution in [3.8, 4) is 0 Å². The molecule has 1 rings (SSSR count). The molecule has 0 spiro atoms. The first-order valence-electron chi connectivity index (χ1n) is 7.43. The molecule has 1 aliphatic rings. The number of nitrogens with zero attached hydrogens (tertiary/aromatic N) is 1. The Hall–Kier alpha value is -1.30. The number of amides is 3. The lowest BCUT2D eigenvalue weighted by atomic mass is 10.0. The monoisotopic (exact) mass is 285 g/mol. The smallest absolute Gasteiger partial charge is 0.312 e. The van der Waals surface area contributed by atoms with E-state index in [1.807, 2.05) is 18.7 Å². The van der Waals surface area contributed by atoms with Gasteiger partial charge in [0.25, 0.3) is 0 Å². The quantitative estimate of drug-likeness (QED) is 0.646. The van der Waals surface area contributed by atoms with Crippen LogP contribution < -0.4 is 11.1 Å². The van der Waals surface area contributed by atoms with Crippen LogP contribution in [0.1, 0.15) is 46.0 Å². The molecule has 0 aromatic heterocycles. The molecule has 1 heterocycles. The largest absolute Gasteiger partial charge is 0.396 e. The van der Waals surface area contributed by atoms with Gasteiger partial charge in [-0.25, -0.2) is 4.79 Å². The van der Waals surface area contributed by atoms with Crippen molar-refractivity contribution in [3.63, 3.8) is 0 Å². The highest BCUT2D eigenvalue weighted by Crippen LogP contribution is 2.23. The van der Waals surface area contributed by atoms with E-state index < -0.39 is 12.1 Å². The van der Waals surface area contributed by atoms with Gasteiger partial charge in [-0.3, -0.25) is 4.79 Å². The minimum Gasteiger partial charge on any atom is -0.396 e. The van der Waals surface area contributed by atoms with Gasteiger partial charge in [0.15, 0.2) is 0 Å². The van der Waals surface area contributed by atoms with E-state index in [0.29, 0.717) is 18.8 Å². The molecule has 0 radical (unpaired) electrons. The molecule has 1 fully saturated rings. The molecule has 2 unspecified atom stereocenters. The van der Waals surface area contributed by atoms with E-state index in [-0.39, 0.29) is 18.6 Å². The molecule has 0 saturated carbocycles. The summed E-state index contributed by atoms with van der Waals surface area (Å²) in [7, 11) is 0. The molecule has 116 valence electrons. The van der Waals surface area contributed by atoms with Crippen LogP contribution >= 0.6 is 0 Å². The fourth-order valence-corrected chi connectivity index (χ4v) is 2.82. The lowest BCUT2D eigenvalue weighted by Crippen LogP contribution is -2.51. The molecule has 0 bridgehead atoms. The summed E-state index contributed by atoms with van der Waals surface area (Å²) in [5.74, 6) is 0.257. The summed E-state index contributed by atoms with van der Waals surface area (Å²) in [5, 5.41) is 11.5. The Morgan fingerprint density at radius 1 is 1.45 bits per heavy atom. The fourth-order valence-electron chi connectivity index (χ4n) is 2.82. The molecule has 6 heteroatoms. The average molecular weight is 285 g/mol. The van der Waals surface area contributed by atoms with E-state index in [1.165, 1.54) is 0 Å². The van der Waals surface area contributed by atoms with Gasteiger partial charge in [-0.15, -0.1) is 0 Å². The third-order valence-electron chi connectivity index (χ3n) is 3.68. The van der Waals surface area contributed by atoms with Gasteiger partial charge in [-0.1, -0.05) is 13.8 Å². The van der Waals surface area contributed by atoms with E-state index in [9.17, 15) is 9.59 Å². The van der Waals surface area contributed by atoms with Crippen molar-refractivity contribution in [2.45, 2.75) is 58.0 Å². The molecule has 0 aromatic rings. The molecular formula is C14H27N3O3. The lowest BCUT2D eigenvalue weighted by Gasteiger charge is -2.29. The number of aliphatic hydroxyl groups is 1. The van der Waals surface area contributed by atoms with Gasteiger partial charge >= 0.3 is 6.03 Å². The Morgan fingerprint density at radius 3 is 2.70 bits per heavy atom. The number of aliphatic hydroxyl groups excluding tert-OH is 1. The number of hydrogen-bond donors (Lipinski definition) is 3. The van der Waals surface area contributed by atoms with Crippen LogP contribution in [-0.2, 0) is 4.79 Å². The minimum absolute atomic E-state index is 0.0436. The highest BCUT2D eigenvalue weighted by Gasteiger charge is 2.33. The van der Waals surface area contributed by atoms with Crippen LogP contribution in [0.3, 0.4) is 0 Å². The Labute approximate surface area is 120 Å². The van der Waals surface area contributed by atoms with Crippen LogP contribution in [0.25, 0.3) is 0 Å². The Kier molecular flexibility index (Phi) is 6.78. The van der Waals surface area contributed by atoms with Gasteiger partial charge in [0, 0.05) is 19.2 Å². The van der Waals surface area contributed by atoms with Crippen molar-refractivity contribution >= 4 is 11.9 Å². The van der Waals surface area contributed by atoms with Crippen molar-refractivity contribution in [1.29, 1.82) is 0 Å². The maximum absolute atomic E-state index is 12.6. The fraction of sp³-hybridized carbons (Fsp3) is 0.857. The molecule has 4 N–H and O–H groups in total. The second kappa shape index (κ2) is 8.09. The van der Waals surface area contributed by atoms with Crippen LogP contribution in [0.4, 0.5) is 4.79 Å². The van der Waals surface area contributed by atoms with Gasteiger partial charge in [-0.2, -0.15) is 0 Å². The van der Waals surface area contributed by atoms with E-state index in [4.69, 9.17) is 10.8 Å². The highest BCUT2D eigenvalue weighted by atomic mass is 16.3. The third-order valence-corrected chi connectivity index (χ3v) is 3.68. The predicted octanol–water partition coefficient (Wildman–Crippen LogP) is 0.833. The number of nitrogens with one attached hydrogen (secondary N) is 1. The zero-order valence-corrected chi connectivity index (χ0v) is 12.5. The molecule has 2 atom stereocenters. The summed E-state index contributed by atoms with van der Waals surface area (Å²) in [6, 6.07) is -1.02. The second-order valence-electron chi connectivity index (χ2n) is 5.88. The van der Waals surface area contributed by atoms with Crippen LogP contribution in [0, 0.1) is 5.92 Å². The third kappa shape index (κ3) is 5.00. The first kappa shape index (κ1) is 16.8. The van der Waals surface area contributed by atoms with Gasteiger partial charge < -0.3 is 21.1 Å². The van der Waals surface area contributed by atoms with E-state index in [0.717, 1.165) is 25.8 Å². The van der Waals surface area contributed by atoms with Crippen LogP contribution in [0.2, 0.25) is 0 Å². The maximum Gasteiger partial charge on any atom is 0.312 e. The average Bonchev–Trinajstić information content (AvgIpc) is 2.81. The molecule has 1 saturated heterocycles. The zero-order valence-electron chi connectivity index (χ0n) is 12.5. The molecule has 20 heavy (non-hydrogen) atoms. The molecule has 3 amide bonds. The number of carbonyl (C=O) groups is 2. The Bertz CT molecular complexity index is 334. The van der Waals surface area contributed by atoms with Crippen LogP contribution in [0.5, 0.6) is 0 Å².